The molecule has 1 aromatic carbocycles. The minimum atomic E-state index is -0.167. The predicted octanol–water partition coefficient (Wildman–Crippen LogP) is 3.63. The molecule has 3 aliphatic rings. The topological polar surface area (TPSA) is 57.7 Å². The highest BCUT2D eigenvalue weighted by Gasteiger charge is 2.49. The molecule has 0 unspecified atom stereocenters. The summed E-state index contributed by atoms with van der Waals surface area (Å²) >= 11 is 0. The second-order valence-corrected chi connectivity index (χ2v) is 8.40. The van der Waals surface area contributed by atoms with Crippen molar-refractivity contribution in [2.45, 2.75) is 51.9 Å². The van der Waals surface area contributed by atoms with Crippen molar-refractivity contribution < 1.29 is 14.4 Å². The highest BCUT2D eigenvalue weighted by molar-refractivity contribution is 6.22. The molecule has 5 heteroatoms. The van der Waals surface area contributed by atoms with Crippen LogP contribution in [0, 0.1) is 17.8 Å². The molecule has 2 saturated heterocycles. The Labute approximate surface area is 160 Å². The van der Waals surface area contributed by atoms with Crippen molar-refractivity contribution in [1.82, 2.24) is 4.90 Å². The van der Waals surface area contributed by atoms with Crippen molar-refractivity contribution in [3.8, 4) is 0 Å². The van der Waals surface area contributed by atoms with Crippen LogP contribution in [0.2, 0.25) is 0 Å². The second kappa shape index (κ2) is 7.45. The van der Waals surface area contributed by atoms with Crippen LogP contribution in [0.25, 0.3) is 0 Å². The summed E-state index contributed by atoms with van der Waals surface area (Å²) in [4.78, 5) is 41.6. The molecular formula is C22H28N2O3. The molecule has 5 nitrogen and oxygen atoms in total. The van der Waals surface area contributed by atoms with Crippen LogP contribution in [0.3, 0.4) is 0 Å². The zero-order chi connectivity index (χ0) is 19.0. The van der Waals surface area contributed by atoms with Gasteiger partial charge in [-0.2, -0.15) is 0 Å². The molecule has 1 aliphatic carbocycles. The van der Waals surface area contributed by atoms with E-state index in [9.17, 15) is 14.4 Å². The van der Waals surface area contributed by atoms with E-state index < -0.39 is 0 Å². The van der Waals surface area contributed by atoms with Crippen LogP contribution < -0.4 is 4.90 Å². The smallest absolute Gasteiger partial charge is 0.253 e. The number of carbonyl (C=O) groups excluding carboxylic acids is 3. The van der Waals surface area contributed by atoms with Gasteiger partial charge in [0.2, 0.25) is 11.8 Å². The van der Waals surface area contributed by atoms with Gasteiger partial charge in [-0.1, -0.05) is 19.8 Å². The predicted molar refractivity (Wildman–Crippen MR) is 103 cm³/mol. The number of nitrogens with zero attached hydrogens (tertiary/aromatic N) is 2. The number of rotatable bonds is 2. The Morgan fingerprint density at radius 1 is 0.889 bits per heavy atom. The average Bonchev–Trinajstić information content (AvgIpc) is 2.87. The summed E-state index contributed by atoms with van der Waals surface area (Å²) in [6.45, 7) is 3.77. The third-order valence-corrected chi connectivity index (χ3v) is 6.45. The number of benzene rings is 1. The molecule has 144 valence electrons. The van der Waals surface area contributed by atoms with Gasteiger partial charge in [0.1, 0.15) is 0 Å². The molecular weight excluding hydrogens is 340 g/mol. The number of hydrogen-bond acceptors (Lipinski definition) is 3. The van der Waals surface area contributed by atoms with E-state index in [4.69, 9.17) is 0 Å². The van der Waals surface area contributed by atoms with E-state index in [-0.39, 0.29) is 29.6 Å². The largest absolute Gasteiger partial charge is 0.339 e. The van der Waals surface area contributed by atoms with E-state index in [1.807, 2.05) is 4.90 Å². The average molecular weight is 368 g/mol. The second-order valence-electron chi connectivity index (χ2n) is 8.40. The first-order valence-electron chi connectivity index (χ1n) is 10.3. The van der Waals surface area contributed by atoms with Crippen LogP contribution in [0.1, 0.15) is 62.2 Å². The fraction of sp³-hybridized carbons (Fsp3) is 0.591. The lowest BCUT2D eigenvalue weighted by molar-refractivity contribution is -0.122. The Bertz CT molecular complexity index is 734. The molecule has 3 atom stereocenters. The van der Waals surface area contributed by atoms with Crippen LogP contribution in [-0.2, 0) is 9.59 Å². The minimum absolute atomic E-state index is 0.0463. The molecule has 2 heterocycles. The number of imide groups is 1. The monoisotopic (exact) mass is 368 g/mol. The minimum Gasteiger partial charge on any atom is -0.339 e. The maximum absolute atomic E-state index is 12.8. The summed E-state index contributed by atoms with van der Waals surface area (Å²) in [5.41, 5.74) is 1.23. The van der Waals surface area contributed by atoms with Crippen LogP contribution in [0.15, 0.2) is 24.3 Å². The summed E-state index contributed by atoms with van der Waals surface area (Å²) in [6, 6.07) is 7.02. The van der Waals surface area contributed by atoms with Crippen molar-refractivity contribution in [3.63, 3.8) is 0 Å². The van der Waals surface area contributed by atoms with Gasteiger partial charge in [-0.15, -0.1) is 0 Å². The molecule has 3 fully saturated rings. The summed E-state index contributed by atoms with van der Waals surface area (Å²) in [6.07, 6.45) is 7.10. The molecule has 0 aromatic heterocycles. The zero-order valence-electron chi connectivity index (χ0n) is 16.0. The molecule has 0 spiro atoms. The SMILES string of the molecule is C[C@@H]1CC[C@@H]2C(=O)N(c3ccc(C(=O)N4CCCCCC4)cc3)C(=O)[C@@H]2C1. The Hall–Kier alpha value is -2.17. The highest BCUT2D eigenvalue weighted by atomic mass is 16.2. The van der Waals surface area contributed by atoms with Crippen molar-refractivity contribution in [2.24, 2.45) is 17.8 Å². The van der Waals surface area contributed by atoms with Crippen LogP contribution >= 0.6 is 0 Å². The molecule has 1 saturated carbocycles. The summed E-state index contributed by atoms with van der Waals surface area (Å²) in [5.74, 6) is 0.0833. The quantitative estimate of drug-likeness (QED) is 0.749. The van der Waals surface area contributed by atoms with Gasteiger partial charge in [-0.25, -0.2) is 0 Å². The number of hydrogen-bond donors (Lipinski definition) is 0. The number of likely N-dealkylation sites (tertiary alicyclic amines) is 1. The van der Waals surface area contributed by atoms with Gasteiger partial charge in [-0.3, -0.25) is 19.3 Å². The van der Waals surface area contributed by atoms with Crippen molar-refractivity contribution in [1.29, 1.82) is 0 Å². The van der Waals surface area contributed by atoms with Gasteiger partial charge in [0, 0.05) is 18.7 Å². The molecule has 0 N–H and O–H groups in total. The fourth-order valence-electron chi connectivity index (χ4n) is 4.85. The maximum atomic E-state index is 12.8. The molecule has 0 radical (unpaired) electrons. The summed E-state index contributed by atoms with van der Waals surface area (Å²) in [5, 5.41) is 0. The first-order chi connectivity index (χ1) is 13.1. The molecule has 4 rings (SSSR count). The fourth-order valence-corrected chi connectivity index (χ4v) is 4.85. The molecule has 3 amide bonds. The van der Waals surface area contributed by atoms with E-state index in [0.717, 1.165) is 45.2 Å². The third-order valence-electron chi connectivity index (χ3n) is 6.45. The highest BCUT2D eigenvalue weighted by Crippen LogP contribution is 2.42. The molecule has 0 bridgehead atoms. The van der Waals surface area contributed by atoms with Gasteiger partial charge < -0.3 is 4.90 Å². The van der Waals surface area contributed by atoms with Gasteiger partial charge in [0.05, 0.1) is 17.5 Å². The zero-order valence-corrected chi connectivity index (χ0v) is 16.0. The van der Waals surface area contributed by atoms with Gasteiger partial charge in [0.15, 0.2) is 0 Å². The molecule has 2 aliphatic heterocycles. The van der Waals surface area contributed by atoms with Crippen molar-refractivity contribution in [2.75, 3.05) is 18.0 Å². The van der Waals surface area contributed by atoms with Crippen molar-refractivity contribution in [3.05, 3.63) is 29.8 Å². The number of carbonyl (C=O) groups is 3. The van der Waals surface area contributed by atoms with Crippen molar-refractivity contribution >= 4 is 23.4 Å². The number of fused-ring (bicyclic) bond motifs is 1. The van der Waals surface area contributed by atoms with Crippen LogP contribution in [0.5, 0.6) is 0 Å². The lowest BCUT2D eigenvalue weighted by Crippen LogP contribution is -2.32. The van der Waals surface area contributed by atoms with E-state index >= 15 is 0 Å². The standard InChI is InChI=1S/C22H28N2O3/c1-15-6-11-18-19(14-15)22(27)24(21(18)26)17-9-7-16(8-10-17)20(25)23-12-4-2-3-5-13-23/h7-10,15,18-19H,2-6,11-14H2,1H3/t15-,18+,19-/m1/s1. The normalized spacial score (nSPS) is 28.9. The molecule has 27 heavy (non-hydrogen) atoms. The first-order valence-corrected chi connectivity index (χ1v) is 10.3. The van der Waals surface area contributed by atoms with Crippen LogP contribution in [-0.4, -0.2) is 35.7 Å². The number of amides is 3. The summed E-state index contributed by atoms with van der Waals surface area (Å²) < 4.78 is 0. The van der Waals surface area contributed by atoms with E-state index in [1.54, 1.807) is 24.3 Å². The first kappa shape index (κ1) is 18.2. The maximum Gasteiger partial charge on any atom is 0.253 e. The lowest BCUT2D eigenvalue weighted by atomic mass is 9.76. The lowest BCUT2D eigenvalue weighted by Gasteiger charge is -2.25. The van der Waals surface area contributed by atoms with E-state index in [0.29, 0.717) is 17.2 Å². The molecule has 1 aromatic rings. The summed E-state index contributed by atoms with van der Waals surface area (Å²) in [7, 11) is 0. The third kappa shape index (κ3) is 3.40. The van der Waals surface area contributed by atoms with Crippen LogP contribution in [0.4, 0.5) is 5.69 Å². The number of anilines is 1. The van der Waals surface area contributed by atoms with E-state index in [1.165, 1.54) is 17.7 Å². The van der Waals surface area contributed by atoms with Gasteiger partial charge in [-0.05, 0) is 62.3 Å². The Morgan fingerprint density at radius 2 is 1.52 bits per heavy atom. The van der Waals surface area contributed by atoms with Gasteiger partial charge >= 0.3 is 0 Å². The van der Waals surface area contributed by atoms with E-state index in [2.05, 4.69) is 6.92 Å². The Morgan fingerprint density at radius 3 is 2.19 bits per heavy atom. The van der Waals surface area contributed by atoms with Gasteiger partial charge in [0.25, 0.3) is 5.91 Å². The Kier molecular flexibility index (Phi) is 5.02. The Balaban J connectivity index is 1.51.